The molecule has 0 spiro atoms. The average molecular weight is 427 g/mol. The Balaban J connectivity index is 1.92. The van der Waals surface area contributed by atoms with Gasteiger partial charge in [-0.1, -0.05) is 12.1 Å². The maximum Gasteiger partial charge on any atom is 0.416 e. The van der Waals surface area contributed by atoms with Gasteiger partial charge < -0.3 is 14.8 Å². The van der Waals surface area contributed by atoms with Gasteiger partial charge in [-0.15, -0.1) is 0 Å². The van der Waals surface area contributed by atoms with Crippen LogP contribution in [0.15, 0.2) is 60.9 Å². The van der Waals surface area contributed by atoms with E-state index in [1.165, 1.54) is 37.6 Å². The van der Waals surface area contributed by atoms with Crippen molar-refractivity contribution in [3.63, 3.8) is 0 Å². The fourth-order valence-electron chi connectivity index (χ4n) is 3.39. The summed E-state index contributed by atoms with van der Waals surface area (Å²) < 4.78 is 44.3. The molecule has 31 heavy (non-hydrogen) atoms. The highest BCUT2D eigenvalue weighted by atomic mass is 19.4. The molecule has 0 radical (unpaired) electrons. The molecule has 3 heterocycles. The molecule has 0 saturated carbocycles. The molecule has 1 unspecified atom stereocenters. The lowest BCUT2D eigenvalue weighted by atomic mass is 9.98. The maximum absolute atomic E-state index is 13.2. The molecular formula is C22H16F3N3O3. The van der Waals surface area contributed by atoms with Gasteiger partial charge in [0.25, 0.3) is 0 Å². The second kappa shape index (κ2) is 7.84. The number of carbonyl (C=O) groups is 1. The topological polar surface area (TPSA) is 88.1 Å². The zero-order valence-electron chi connectivity index (χ0n) is 16.1. The Hall–Kier alpha value is -3.72. The van der Waals surface area contributed by atoms with Crippen LogP contribution in [0.1, 0.15) is 33.4 Å². The normalized spacial score (nSPS) is 12.7. The van der Waals surface area contributed by atoms with Gasteiger partial charge >= 0.3 is 12.1 Å². The summed E-state index contributed by atoms with van der Waals surface area (Å²) in [7, 11) is 1.21. The van der Waals surface area contributed by atoms with Crippen molar-refractivity contribution in [2.24, 2.45) is 0 Å². The molecule has 0 aliphatic heterocycles. The number of fused-ring (bicyclic) bond motifs is 1. The summed E-state index contributed by atoms with van der Waals surface area (Å²) in [5, 5.41) is 11.5. The third-order valence-corrected chi connectivity index (χ3v) is 4.84. The number of halogens is 3. The van der Waals surface area contributed by atoms with Gasteiger partial charge in [-0.25, -0.2) is 9.78 Å². The first-order valence-electron chi connectivity index (χ1n) is 9.16. The summed E-state index contributed by atoms with van der Waals surface area (Å²) >= 11 is 0. The van der Waals surface area contributed by atoms with Crippen LogP contribution >= 0.6 is 0 Å². The van der Waals surface area contributed by atoms with E-state index in [0.717, 1.165) is 12.1 Å². The van der Waals surface area contributed by atoms with Crippen molar-refractivity contribution in [1.29, 1.82) is 0 Å². The number of carbonyl (C=O) groups excluding carboxylic acids is 1. The molecule has 1 aromatic carbocycles. The predicted octanol–water partition coefficient (Wildman–Crippen LogP) is 4.51. The van der Waals surface area contributed by atoms with E-state index in [0.29, 0.717) is 22.2 Å². The Labute approximate surface area is 174 Å². The molecule has 0 bridgehead atoms. The number of H-pyrrole nitrogens is 1. The maximum atomic E-state index is 13.2. The summed E-state index contributed by atoms with van der Waals surface area (Å²) in [4.78, 5) is 23.0. The lowest BCUT2D eigenvalue weighted by Gasteiger charge is -2.13. The zero-order valence-corrected chi connectivity index (χ0v) is 16.1. The number of nitrogens with zero attached hydrogens (tertiary/aromatic N) is 2. The molecule has 0 amide bonds. The van der Waals surface area contributed by atoms with Crippen molar-refractivity contribution in [3.05, 3.63) is 83.4 Å². The minimum Gasteiger partial charge on any atom is -0.464 e. The number of esters is 1. The van der Waals surface area contributed by atoms with E-state index in [4.69, 9.17) is 0 Å². The molecular weight excluding hydrogens is 411 g/mol. The number of alkyl halides is 3. The molecule has 158 valence electrons. The molecule has 0 aliphatic carbocycles. The number of rotatable bonds is 4. The van der Waals surface area contributed by atoms with Gasteiger partial charge in [0.1, 0.15) is 11.8 Å². The Morgan fingerprint density at radius 2 is 1.97 bits per heavy atom. The molecule has 2 N–H and O–H groups in total. The highest BCUT2D eigenvalue weighted by Gasteiger charge is 2.32. The largest absolute Gasteiger partial charge is 0.464 e. The lowest BCUT2D eigenvalue weighted by molar-refractivity contribution is -0.137. The van der Waals surface area contributed by atoms with Gasteiger partial charge in [-0.2, -0.15) is 13.2 Å². The Bertz CT molecular complexity index is 1250. The van der Waals surface area contributed by atoms with Crippen LogP contribution in [-0.2, 0) is 10.9 Å². The van der Waals surface area contributed by atoms with Gasteiger partial charge in [0.05, 0.1) is 24.1 Å². The second-order valence-corrected chi connectivity index (χ2v) is 6.76. The number of ether oxygens (including phenoxy) is 1. The summed E-state index contributed by atoms with van der Waals surface area (Å²) in [6.45, 7) is 0. The standard InChI is InChI=1S/C22H16F3N3O3/c1-31-21(30)16-6-2-5-15(27-16)20(29)18-14-8-7-13(22(23,24)25)10-17(14)28-19(18)12-4-3-9-26-11-12/h2-11,20,28-29H,1H3. The van der Waals surface area contributed by atoms with Crippen molar-refractivity contribution >= 4 is 16.9 Å². The number of aliphatic hydroxyl groups excluding tert-OH is 1. The molecule has 0 saturated heterocycles. The number of benzene rings is 1. The van der Waals surface area contributed by atoms with Gasteiger partial charge in [-0.3, -0.25) is 4.98 Å². The Morgan fingerprint density at radius 1 is 1.16 bits per heavy atom. The quantitative estimate of drug-likeness (QED) is 0.468. The highest BCUT2D eigenvalue weighted by molar-refractivity contribution is 5.92. The lowest BCUT2D eigenvalue weighted by Crippen LogP contribution is -2.09. The number of pyridine rings is 2. The molecule has 4 rings (SSSR count). The number of hydrogen-bond acceptors (Lipinski definition) is 5. The number of aromatic nitrogens is 3. The fraction of sp³-hybridized carbons (Fsp3) is 0.136. The molecule has 6 nitrogen and oxygen atoms in total. The first-order chi connectivity index (χ1) is 14.8. The second-order valence-electron chi connectivity index (χ2n) is 6.76. The summed E-state index contributed by atoms with van der Waals surface area (Å²) in [5.74, 6) is -0.671. The average Bonchev–Trinajstić information content (AvgIpc) is 3.17. The number of nitrogens with one attached hydrogen (secondary N) is 1. The SMILES string of the molecule is COC(=O)c1cccc(C(O)c2c(-c3cccnc3)[nH]c3cc(C(F)(F)F)ccc23)n1. The summed E-state index contributed by atoms with van der Waals surface area (Å²) in [5.41, 5.74) is 0.838. The van der Waals surface area contributed by atoms with E-state index < -0.39 is 23.8 Å². The van der Waals surface area contributed by atoms with E-state index in [1.807, 2.05) is 0 Å². The van der Waals surface area contributed by atoms with Crippen LogP contribution in [0.25, 0.3) is 22.2 Å². The van der Waals surface area contributed by atoms with Crippen LogP contribution in [0.4, 0.5) is 13.2 Å². The molecule has 1 atom stereocenters. The van der Waals surface area contributed by atoms with Gasteiger partial charge in [0.2, 0.25) is 0 Å². The molecule has 4 aromatic rings. The highest BCUT2D eigenvalue weighted by Crippen LogP contribution is 2.39. The van der Waals surface area contributed by atoms with Crippen molar-refractivity contribution in [1.82, 2.24) is 15.0 Å². The van der Waals surface area contributed by atoms with Gasteiger partial charge in [0.15, 0.2) is 0 Å². The van der Waals surface area contributed by atoms with Crippen LogP contribution in [0.2, 0.25) is 0 Å². The first-order valence-corrected chi connectivity index (χ1v) is 9.16. The van der Waals surface area contributed by atoms with Crippen molar-refractivity contribution in [3.8, 4) is 11.3 Å². The summed E-state index contributed by atoms with van der Waals surface area (Å²) in [6, 6.07) is 11.1. The predicted molar refractivity (Wildman–Crippen MR) is 106 cm³/mol. The number of aliphatic hydroxyl groups is 1. The Morgan fingerprint density at radius 3 is 2.65 bits per heavy atom. The van der Waals surface area contributed by atoms with E-state index in [1.54, 1.807) is 18.3 Å². The van der Waals surface area contributed by atoms with Gasteiger partial charge in [0, 0.05) is 34.4 Å². The first kappa shape index (κ1) is 20.5. The minimum absolute atomic E-state index is 0.00109. The van der Waals surface area contributed by atoms with Crippen LogP contribution in [-0.4, -0.2) is 33.1 Å². The minimum atomic E-state index is -4.51. The van der Waals surface area contributed by atoms with E-state index in [2.05, 4.69) is 19.7 Å². The molecule has 3 aromatic heterocycles. The summed E-state index contributed by atoms with van der Waals surface area (Å²) in [6.07, 6.45) is -2.75. The monoisotopic (exact) mass is 427 g/mol. The number of hydrogen-bond donors (Lipinski definition) is 2. The third kappa shape index (κ3) is 3.87. The van der Waals surface area contributed by atoms with Crippen LogP contribution in [0.3, 0.4) is 0 Å². The van der Waals surface area contributed by atoms with Crippen LogP contribution in [0, 0.1) is 0 Å². The molecule has 0 aliphatic rings. The Kier molecular flexibility index (Phi) is 5.20. The van der Waals surface area contributed by atoms with E-state index in [9.17, 15) is 23.1 Å². The van der Waals surface area contributed by atoms with Crippen LogP contribution < -0.4 is 0 Å². The van der Waals surface area contributed by atoms with Gasteiger partial charge in [-0.05, 0) is 36.4 Å². The third-order valence-electron chi connectivity index (χ3n) is 4.84. The molecule has 0 fully saturated rings. The number of methoxy groups -OCH3 is 1. The van der Waals surface area contributed by atoms with Crippen molar-refractivity contribution in [2.75, 3.05) is 7.11 Å². The number of aromatic amines is 1. The van der Waals surface area contributed by atoms with Crippen molar-refractivity contribution < 1.29 is 27.8 Å². The smallest absolute Gasteiger partial charge is 0.416 e. The van der Waals surface area contributed by atoms with E-state index in [-0.39, 0.29) is 16.9 Å². The van der Waals surface area contributed by atoms with Crippen molar-refractivity contribution in [2.45, 2.75) is 12.3 Å². The zero-order chi connectivity index (χ0) is 22.2. The fourth-order valence-corrected chi connectivity index (χ4v) is 3.39. The van der Waals surface area contributed by atoms with E-state index >= 15 is 0 Å². The molecule has 9 heteroatoms. The van der Waals surface area contributed by atoms with Crippen LogP contribution in [0.5, 0.6) is 0 Å².